The van der Waals surface area contributed by atoms with Crippen LogP contribution in [-0.4, -0.2) is 29.1 Å². The number of aryl methyl sites for hydroxylation is 1. The van der Waals surface area contributed by atoms with Gasteiger partial charge in [-0.1, -0.05) is 55.2 Å². The smallest absolute Gasteiger partial charge is 0.260 e. The monoisotopic (exact) mass is 438 g/mol. The summed E-state index contributed by atoms with van der Waals surface area (Å²) >= 11 is 6.00. The van der Waals surface area contributed by atoms with Gasteiger partial charge in [0.05, 0.1) is 12.2 Å². The van der Waals surface area contributed by atoms with Crippen LogP contribution in [0.5, 0.6) is 5.75 Å². The lowest BCUT2D eigenvalue weighted by molar-refractivity contribution is -0.134. The SMILES string of the molecule is Cc1ccc(OCC(=O)N2CCc3noc(-c4ccc(Cl)cc4)c3C2)c(C(C)(C)C)c1. The number of amides is 1. The van der Waals surface area contributed by atoms with Gasteiger partial charge in [-0.05, 0) is 48.2 Å². The van der Waals surface area contributed by atoms with Gasteiger partial charge in [-0.2, -0.15) is 0 Å². The summed E-state index contributed by atoms with van der Waals surface area (Å²) < 4.78 is 11.6. The Balaban J connectivity index is 1.48. The summed E-state index contributed by atoms with van der Waals surface area (Å²) in [5.74, 6) is 1.41. The highest BCUT2D eigenvalue weighted by Crippen LogP contribution is 2.33. The molecule has 2 aromatic carbocycles. The Morgan fingerprint density at radius 3 is 2.65 bits per heavy atom. The van der Waals surface area contributed by atoms with Crippen LogP contribution in [0.2, 0.25) is 5.02 Å². The van der Waals surface area contributed by atoms with Crippen molar-refractivity contribution >= 4 is 17.5 Å². The molecule has 0 N–H and O–H groups in total. The van der Waals surface area contributed by atoms with E-state index in [4.69, 9.17) is 20.9 Å². The predicted molar refractivity (Wildman–Crippen MR) is 121 cm³/mol. The first-order chi connectivity index (χ1) is 14.7. The van der Waals surface area contributed by atoms with Gasteiger partial charge in [0, 0.05) is 29.1 Å². The topological polar surface area (TPSA) is 55.6 Å². The van der Waals surface area contributed by atoms with E-state index in [-0.39, 0.29) is 17.9 Å². The maximum absolute atomic E-state index is 13.0. The Labute approximate surface area is 187 Å². The van der Waals surface area contributed by atoms with Crippen molar-refractivity contribution in [3.05, 3.63) is 69.9 Å². The zero-order valence-corrected chi connectivity index (χ0v) is 19.1. The van der Waals surface area contributed by atoms with E-state index in [0.717, 1.165) is 28.1 Å². The highest BCUT2D eigenvalue weighted by atomic mass is 35.5. The average Bonchev–Trinajstić information content (AvgIpc) is 3.15. The Bertz CT molecular complexity index is 1100. The van der Waals surface area contributed by atoms with Crippen LogP contribution >= 0.6 is 11.6 Å². The second kappa shape index (κ2) is 8.39. The minimum absolute atomic E-state index is 0.00301. The molecule has 0 saturated heterocycles. The van der Waals surface area contributed by atoms with E-state index in [2.05, 4.69) is 38.9 Å². The molecule has 0 bridgehead atoms. The van der Waals surface area contributed by atoms with E-state index in [1.165, 1.54) is 5.56 Å². The second-order valence-corrected chi connectivity index (χ2v) is 9.48. The van der Waals surface area contributed by atoms with Crippen molar-refractivity contribution in [3.63, 3.8) is 0 Å². The molecular formula is C25H27ClN2O3. The zero-order valence-electron chi connectivity index (χ0n) is 18.4. The molecule has 5 nitrogen and oxygen atoms in total. The maximum atomic E-state index is 13.0. The summed E-state index contributed by atoms with van der Waals surface area (Å²) in [5.41, 5.74) is 4.97. The van der Waals surface area contributed by atoms with Gasteiger partial charge in [0.25, 0.3) is 5.91 Å². The minimum atomic E-state index is -0.0691. The molecule has 162 valence electrons. The molecule has 0 atom stereocenters. The van der Waals surface area contributed by atoms with Crippen molar-refractivity contribution in [2.75, 3.05) is 13.2 Å². The fourth-order valence-electron chi connectivity index (χ4n) is 3.84. The maximum Gasteiger partial charge on any atom is 0.260 e. The van der Waals surface area contributed by atoms with Gasteiger partial charge in [-0.3, -0.25) is 4.79 Å². The lowest BCUT2D eigenvalue weighted by Crippen LogP contribution is -2.39. The molecule has 1 aliphatic rings. The van der Waals surface area contributed by atoms with Crippen LogP contribution in [0.25, 0.3) is 11.3 Å². The number of hydrogen-bond donors (Lipinski definition) is 0. The highest BCUT2D eigenvalue weighted by molar-refractivity contribution is 6.30. The van der Waals surface area contributed by atoms with Gasteiger partial charge < -0.3 is 14.2 Å². The van der Waals surface area contributed by atoms with Gasteiger partial charge in [0.1, 0.15) is 5.75 Å². The summed E-state index contributed by atoms with van der Waals surface area (Å²) in [6, 6.07) is 13.5. The summed E-state index contributed by atoms with van der Waals surface area (Å²) in [6.45, 7) is 9.56. The molecule has 3 aromatic rings. The fourth-order valence-corrected chi connectivity index (χ4v) is 3.97. The number of rotatable bonds is 4. The first-order valence-corrected chi connectivity index (χ1v) is 10.9. The Morgan fingerprint density at radius 2 is 1.94 bits per heavy atom. The third-order valence-corrected chi connectivity index (χ3v) is 5.84. The normalized spacial score (nSPS) is 13.8. The molecule has 1 aromatic heterocycles. The summed E-state index contributed by atoms with van der Waals surface area (Å²) in [5, 5.41) is 4.88. The van der Waals surface area contributed by atoms with Crippen molar-refractivity contribution in [2.45, 2.75) is 46.1 Å². The molecule has 2 heterocycles. The van der Waals surface area contributed by atoms with Crippen LogP contribution in [-0.2, 0) is 23.2 Å². The summed E-state index contributed by atoms with van der Waals surface area (Å²) in [7, 11) is 0. The van der Waals surface area contributed by atoms with Gasteiger partial charge in [0.15, 0.2) is 12.4 Å². The van der Waals surface area contributed by atoms with Crippen molar-refractivity contribution in [1.29, 1.82) is 0 Å². The molecule has 0 aliphatic carbocycles. The fraction of sp³-hybridized carbons (Fsp3) is 0.360. The van der Waals surface area contributed by atoms with Gasteiger partial charge in [-0.25, -0.2) is 0 Å². The van der Waals surface area contributed by atoms with E-state index in [0.29, 0.717) is 30.3 Å². The number of hydrogen-bond acceptors (Lipinski definition) is 4. The number of carbonyl (C=O) groups excluding carboxylic acids is 1. The number of benzene rings is 2. The van der Waals surface area contributed by atoms with Crippen molar-refractivity contribution in [3.8, 4) is 17.1 Å². The molecule has 1 aliphatic heterocycles. The molecule has 31 heavy (non-hydrogen) atoms. The van der Waals surface area contributed by atoms with Crippen molar-refractivity contribution < 1.29 is 14.1 Å². The van der Waals surface area contributed by atoms with Gasteiger partial charge in [-0.15, -0.1) is 0 Å². The predicted octanol–water partition coefficient (Wildman–Crippen LogP) is 5.56. The summed E-state index contributed by atoms with van der Waals surface area (Å²) in [4.78, 5) is 14.8. The van der Waals surface area contributed by atoms with Gasteiger partial charge >= 0.3 is 0 Å². The van der Waals surface area contributed by atoms with E-state index in [9.17, 15) is 4.79 Å². The minimum Gasteiger partial charge on any atom is -0.483 e. The second-order valence-electron chi connectivity index (χ2n) is 9.05. The molecule has 0 unspecified atom stereocenters. The molecule has 0 fully saturated rings. The number of ether oxygens (including phenoxy) is 1. The lowest BCUT2D eigenvalue weighted by atomic mass is 9.85. The van der Waals surface area contributed by atoms with Crippen LogP contribution in [0.15, 0.2) is 47.0 Å². The third-order valence-electron chi connectivity index (χ3n) is 5.59. The number of aromatic nitrogens is 1. The lowest BCUT2D eigenvalue weighted by Gasteiger charge is -2.27. The Morgan fingerprint density at radius 1 is 1.19 bits per heavy atom. The molecule has 0 radical (unpaired) electrons. The first kappa shape index (κ1) is 21.4. The molecule has 0 spiro atoms. The standard InChI is InChI=1S/C25H27ClN2O3/c1-16-5-10-22(20(13-16)25(2,3)4)30-15-23(29)28-12-11-21-19(14-28)24(31-27-21)17-6-8-18(26)9-7-17/h5-10,13H,11-12,14-15H2,1-4H3. The van der Waals surface area contributed by atoms with Crippen LogP contribution in [0, 0.1) is 6.92 Å². The average molecular weight is 439 g/mol. The number of fused-ring (bicyclic) bond motifs is 1. The van der Waals surface area contributed by atoms with E-state index >= 15 is 0 Å². The summed E-state index contributed by atoms with van der Waals surface area (Å²) in [6.07, 6.45) is 0.663. The molecule has 6 heteroatoms. The molecule has 1 amide bonds. The largest absolute Gasteiger partial charge is 0.483 e. The Hall–Kier alpha value is -2.79. The van der Waals surface area contributed by atoms with E-state index < -0.39 is 0 Å². The number of nitrogens with zero attached hydrogens (tertiary/aromatic N) is 2. The van der Waals surface area contributed by atoms with E-state index in [1.807, 2.05) is 41.3 Å². The highest BCUT2D eigenvalue weighted by Gasteiger charge is 2.28. The first-order valence-electron chi connectivity index (χ1n) is 10.5. The van der Waals surface area contributed by atoms with Crippen LogP contribution in [0.1, 0.15) is 43.2 Å². The molecular weight excluding hydrogens is 412 g/mol. The van der Waals surface area contributed by atoms with Crippen molar-refractivity contribution in [1.82, 2.24) is 10.1 Å². The van der Waals surface area contributed by atoms with Crippen LogP contribution in [0.3, 0.4) is 0 Å². The quantitative estimate of drug-likeness (QED) is 0.534. The van der Waals surface area contributed by atoms with Crippen molar-refractivity contribution in [2.24, 2.45) is 0 Å². The number of halogens is 1. The Kier molecular flexibility index (Phi) is 5.80. The molecule has 0 saturated carbocycles. The zero-order chi connectivity index (χ0) is 22.2. The third kappa shape index (κ3) is 4.62. The molecule has 4 rings (SSSR count). The van der Waals surface area contributed by atoms with Crippen LogP contribution < -0.4 is 4.74 Å². The number of carbonyl (C=O) groups is 1. The van der Waals surface area contributed by atoms with Gasteiger partial charge in [0.2, 0.25) is 0 Å². The van der Waals surface area contributed by atoms with E-state index in [1.54, 1.807) is 0 Å². The van der Waals surface area contributed by atoms with Crippen LogP contribution in [0.4, 0.5) is 0 Å².